The Kier molecular flexibility index (Phi) is 5.24. The van der Waals surface area contributed by atoms with Crippen LogP contribution in [0.2, 0.25) is 0 Å². The third-order valence-corrected chi connectivity index (χ3v) is 5.10. The first kappa shape index (κ1) is 20.3. The van der Waals surface area contributed by atoms with Crippen molar-refractivity contribution < 1.29 is 23.5 Å². The molecule has 0 aliphatic carbocycles. The van der Waals surface area contributed by atoms with Crippen molar-refractivity contribution >= 4 is 11.0 Å². The van der Waals surface area contributed by atoms with Crippen LogP contribution in [0.3, 0.4) is 0 Å². The first-order chi connectivity index (χ1) is 16.1. The van der Waals surface area contributed by atoms with Gasteiger partial charge in [0.25, 0.3) is 5.89 Å². The van der Waals surface area contributed by atoms with Crippen LogP contribution in [0.25, 0.3) is 33.6 Å². The Morgan fingerprint density at radius 1 is 0.939 bits per heavy atom. The van der Waals surface area contributed by atoms with Gasteiger partial charge in [-0.15, -0.1) is 0 Å². The predicted octanol–water partition coefficient (Wildman–Crippen LogP) is 4.80. The van der Waals surface area contributed by atoms with Gasteiger partial charge in [0, 0.05) is 11.6 Å². The van der Waals surface area contributed by atoms with Crippen LogP contribution in [0, 0.1) is 0 Å². The van der Waals surface area contributed by atoms with Crippen LogP contribution in [0.15, 0.2) is 86.7 Å². The van der Waals surface area contributed by atoms with Gasteiger partial charge in [0.2, 0.25) is 5.82 Å². The van der Waals surface area contributed by atoms with Crippen molar-refractivity contribution in [3.05, 3.63) is 89.0 Å². The summed E-state index contributed by atoms with van der Waals surface area (Å²) in [6, 6.07) is 18.6. The van der Waals surface area contributed by atoms with Crippen molar-refractivity contribution in [1.82, 2.24) is 10.1 Å². The average Bonchev–Trinajstić information content (AvgIpc) is 3.33. The van der Waals surface area contributed by atoms with Crippen molar-refractivity contribution in [2.75, 3.05) is 7.11 Å². The summed E-state index contributed by atoms with van der Waals surface area (Å²) < 4.78 is 21.9. The number of methoxy groups -OCH3 is 1. The molecule has 0 fully saturated rings. The number of aromatic nitrogens is 2. The molecular weight excluding hydrogens is 424 g/mol. The second-order valence-electron chi connectivity index (χ2n) is 7.22. The minimum absolute atomic E-state index is 0.0843. The molecule has 0 aliphatic rings. The molecule has 5 rings (SSSR count). The summed E-state index contributed by atoms with van der Waals surface area (Å²) in [6.45, 7) is 0.0843. The fourth-order valence-electron chi connectivity index (χ4n) is 3.35. The lowest BCUT2D eigenvalue weighted by Gasteiger charge is -2.06. The molecule has 0 saturated heterocycles. The van der Waals surface area contributed by atoms with Crippen LogP contribution in [-0.2, 0) is 6.61 Å². The SMILES string of the molecule is COc1ccc(-c2nc(COc3ccc4c(=O)c(-c5ccc(O)cc5)coc4c3)no2)cc1. The van der Waals surface area contributed by atoms with Gasteiger partial charge in [-0.1, -0.05) is 17.3 Å². The molecule has 0 radical (unpaired) electrons. The van der Waals surface area contributed by atoms with Gasteiger partial charge in [-0.25, -0.2) is 0 Å². The zero-order valence-electron chi connectivity index (χ0n) is 17.5. The van der Waals surface area contributed by atoms with Gasteiger partial charge in [-0.3, -0.25) is 4.79 Å². The van der Waals surface area contributed by atoms with E-state index in [1.54, 1.807) is 37.4 Å². The minimum Gasteiger partial charge on any atom is -0.508 e. The molecule has 5 aromatic rings. The lowest BCUT2D eigenvalue weighted by atomic mass is 10.1. The van der Waals surface area contributed by atoms with Crippen LogP contribution in [0.5, 0.6) is 17.2 Å². The van der Waals surface area contributed by atoms with E-state index in [2.05, 4.69) is 10.1 Å². The third kappa shape index (κ3) is 4.14. The Hall–Kier alpha value is -4.59. The van der Waals surface area contributed by atoms with E-state index in [9.17, 15) is 9.90 Å². The number of ether oxygens (including phenoxy) is 2. The van der Waals surface area contributed by atoms with E-state index in [1.807, 2.05) is 24.3 Å². The van der Waals surface area contributed by atoms with Gasteiger partial charge < -0.3 is 23.5 Å². The number of nitrogens with zero attached hydrogens (tertiary/aromatic N) is 2. The molecule has 164 valence electrons. The number of rotatable bonds is 6. The molecule has 0 saturated carbocycles. The van der Waals surface area contributed by atoms with Crippen LogP contribution >= 0.6 is 0 Å². The molecule has 0 bridgehead atoms. The highest BCUT2D eigenvalue weighted by atomic mass is 16.5. The molecule has 0 unspecified atom stereocenters. The normalized spacial score (nSPS) is 10.9. The lowest BCUT2D eigenvalue weighted by Crippen LogP contribution is -2.05. The molecule has 1 N–H and O–H groups in total. The summed E-state index contributed by atoms with van der Waals surface area (Å²) in [5, 5.41) is 13.8. The smallest absolute Gasteiger partial charge is 0.258 e. The molecular formula is C25H18N2O6. The highest BCUT2D eigenvalue weighted by molar-refractivity contribution is 5.82. The molecule has 0 spiro atoms. The van der Waals surface area contributed by atoms with Crippen molar-refractivity contribution in [3.8, 4) is 39.8 Å². The minimum atomic E-state index is -0.171. The summed E-state index contributed by atoms with van der Waals surface area (Å²) in [7, 11) is 1.60. The van der Waals surface area contributed by atoms with Gasteiger partial charge in [0.15, 0.2) is 12.0 Å². The van der Waals surface area contributed by atoms with Crippen LogP contribution in [0.1, 0.15) is 5.82 Å². The number of phenols is 1. The molecule has 2 heterocycles. The largest absolute Gasteiger partial charge is 0.508 e. The van der Waals surface area contributed by atoms with Crippen molar-refractivity contribution in [1.29, 1.82) is 0 Å². The Labute approximate surface area is 187 Å². The van der Waals surface area contributed by atoms with E-state index in [4.69, 9.17) is 18.4 Å². The standard InChI is InChI=1S/C25H18N2O6/c1-30-18-8-4-16(5-9-18)25-26-23(27-33-25)14-31-19-10-11-20-22(12-19)32-13-21(24(20)29)15-2-6-17(28)7-3-15/h2-13,28H,14H2,1H3. The van der Waals surface area contributed by atoms with Gasteiger partial charge in [-0.2, -0.15) is 4.98 Å². The first-order valence-electron chi connectivity index (χ1n) is 10.1. The van der Waals surface area contributed by atoms with Gasteiger partial charge in [-0.05, 0) is 54.1 Å². The summed E-state index contributed by atoms with van der Waals surface area (Å²) >= 11 is 0. The van der Waals surface area contributed by atoms with E-state index in [0.29, 0.717) is 39.6 Å². The summed E-state index contributed by atoms with van der Waals surface area (Å²) in [5.74, 6) is 2.12. The summed E-state index contributed by atoms with van der Waals surface area (Å²) in [5.41, 5.74) is 2.07. The van der Waals surface area contributed by atoms with Crippen LogP contribution < -0.4 is 14.9 Å². The zero-order chi connectivity index (χ0) is 22.8. The van der Waals surface area contributed by atoms with E-state index in [1.165, 1.54) is 18.4 Å². The molecule has 8 nitrogen and oxygen atoms in total. The lowest BCUT2D eigenvalue weighted by molar-refractivity contribution is 0.287. The number of phenolic OH excluding ortho intramolecular Hbond substituents is 1. The molecule has 0 amide bonds. The van der Waals surface area contributed by atoms with E-state index in [-0.39, 0.29) is 17.8 Å². The first-order valence-corrected chi connectivity index (χ1v) is 10.1. The molecule has 0 atom stereocenters. The second kappa shape index (κ2) is 8.51. The number of aromatic hydroxyl groups is 1. The number of fused-ring (bicyclic) bond motifs is 1. The molecule has 0 aliphatic heterocycles. The van der Waals surface area contributed by atoms with E-state index >= 15 is 0 Å². The van der Waals surface area contributed by atoms with Gasteiger partial charge in [0.1, 0.15) is 29.1 Å². The third-order valence-electron chi connectivity index (χ3n) is 5.10. The highest BCUT2D eigenvalue weighted by Crippen LogP contribution is 2.25. The average molecular weight is 442 g/mol. The van der Waals surface area contributed by atoms with Crippen molar-refractivity contribution in [2.45, 2.75) is 6.61 Å². The number of benzene rings is 3. The Bertz CT molecular complexity index is 1470. The van der Waals surface area contributed by atoms with Gasteiger partial charge in [0.05, 0.1) is 18.1 Å². The summed E-state index contributed by atoms with van der Waals surface area (Å²) in [6.07, 6.45) is 1.40. The quantitative estimate of drug-likeness (QED) is 0.399. The Balaban J connectivity index is 1.32. The highest BCUT2D eigenvalue weighted by Gasteiger charge is 2.12. The molecule has 33 heavy (non-hydrogen) atoms. The molecule has 3 aromatic carbocycles. The monoisotopic (exact) mass is 442 g/mol. The second-order valence-corrected chi connectivity index (χ2v) is 7.22. The van der Waals surface area contributed by atoms with E-state index in [0.717, 1.165) is 11.3 Å². The molecule has 8 heteroatoms. The summed E-state index contributed by atoms with van der Waals surface area (Å²) in [4.78, 5) is 17.2. The van der Waals surface area contributed by atoms with Crippen LogP contribution in [0.4, 0.5) is 0 Å². The predicted molar refractivity (Wildman–Crippen MR) is 120 cm³/mol. The maximum Gasteiger partial charge on any atom is 0.258 e. The maximum absolute atomic E-state index is 12.9. The van der Waals surface area contributed by atoms with E-state index < -0.39 is 0 Å². The number of hydrogen-bond donors (Lipinski definition) is 1. The zero-order valence-corrected chi connectivity index (χ0v) is 17.5. The van der Waals surface area contributed by atoms with Crippen molar-refractivity contribution in [2.24, 2.45) is 0 Å². The Morgan fingerprint density at radius 2 is 1.67 bits per heavy atom. The number of hydrogen-bond acceptors (Lipinski definition) is 8. The molecule has 2 aromatic heterocycles. The van der Waals surface area contributed by atoms with Crippen molar-refractivity contribution in [3.63, 3.8) is 0 Å². The fourth-order valence-corrected chi connectivity index (χ4v) is 3.35. The van der Waals surface area contributed by atoms with Gasteiger partial charge >= 0.3 is 0 Å². The fraction of sp³-hybridized carbons (Fsp3) is 0.0800. The maximum atomic E-state index is 12.9. The Morgan fingerprint density at radius 3 is 2.42 bits per heavy atom. The van der Waals surface area contributed by atoms with Crippen LogP contribution in [-0.4, -0.2) is 22.4 Å². The topological polar surface area (TPSA) is 108 Å².